The minimum absolute atomic E-state index is 0.101. The number of hydrogen-bond acceptors (Lipinski definition) is 8. The lowest BCUT2D eigenvalue weighted by atomic mass is 9.91. The molecule has 0 saturated carbocycles. The number of carbonyl (C=O) groups excluding carboxylic acids is 4. The van der Waals surface area contributed by atoms with Gasteiger partial charge in [-0.05, 0) is 37.5 Å². The molecule has 4 N–H and O–H groups in total. The summed E-state index contributed by atoms with van der Waals surface area (Å²) < 4.78 is 16.4. The van der Waals surface area contributed by atoms with Gasteiger partial charge in [0.25, 0.3) is 0 Å². The van der Waals surface area contributed by atoms with Gasteiger partial charge in [0.2, 0.25) is 23.6 Å². The largest absolute Gasteiger partial charge is 0.381 e. The fourth-order valence-electron chi connectivity index (χ4n) is 5.12. The van der Waals surface area contributed by atoms with Crippen LogP contribution in [0.1, 0.15) is 59.3 Å². The van der Waals surface area contributed by atoms with Crippen molar-refractivity contribution < 1.29 is 33.4 Å². The van der Waals surface area contributed by atoms with Crippen molar-refractivity contribution in [3.05, 3.63) is 0 Å². The van der Waals surface area contributed by atoms with Gasteiger partial charge >= 0.3 is 0 Å². The third kappa shape index (κ3) is 11.0. The van der Waals surface area contributed by atoms with E-state index in [1.54, 1.807) is 4.90 Å². The van der Waals surface area contributed by atoms with Gasteiger partial charge in [-0.2, -0.15) is 0 Å². The van der Waals surface area contributed by atoms with Gasteiger partial charge < -0.3 is 40.4 Å². The van der Waals surface area contributed by atoms with E-state index in [1.165, 1.54) is 0 Å². The lowest BCUT2D eigenvalue weighted by molar-refractivity contribution is -0.139. The van der Waals surface area contributed by atoms with Crippen molar-refractivity contribution in [2.24, 2.45) is 5.41 Å². The number of rotatable bonds is 3. The molecule has 3 atom stereocenters. The summed E-state index contributed by atoms with van der Waals surface area (Å²) in [5.74, 6) is -0.746. The molecular weight excluding hydrogens is 506 g/mol. The van der Waals surface area contributed by atoms with Crippen molar-refractivity contribution in [3.8, 4) is 0 Å². The predicted octanol–water partition coefficient (Wildman–Crippen LogP) is -0.295. The van der Waals surface area contributed by atoms with Gasteiger partial charge in [0.05, 0.1) is 25.9 Å². The second-order valence-corrected chi connectivity index (χ2v) is 11.8. The average molecular weight is 554 g/mol. The maximum absolute atomic E-state index is 13.2. The second-order valence-electron chi connectivity index (χ2n) is 11.8. The zero-order valence-electron chi connectivity index (χ0n) is 23.7. The van der Waals surface area contributed by atoms with Gasteiger partial charge in [-0.15, -0.1) is 0 Å². The van der Waals surface area contributed by atoms with Crippen LogP contribution in [-0.2, 0) is 33.4 Å². The van der Waals surface area contributed by atoms with Crippen molar-refractivity contribution >= 4 is 23.6 Å². The SMILES string of the molecule is CC(C)(C)CC(=O)N1C[C@H]2C[C@@H]1C(=O)NCCC[C@H](NC1CCOCC1)C(=O)NCCOCCOCC(=O)N2. The molecule has 3 fully saturated rings. The van der Waals surface area contributed by atoms with E-state index in [0.29, 0.717) is 65.2 Å². The Morgan fingerprint density at radius 1 is 0.923 bits per heavy atom. The van der Waals surface area contributed by atoms with Crippen molar-refractivity contribution in [1.29, 1.82) is 0 Å². The minimum Gasteiger partial charge on any atom is -0.381 e. The van der Waals surface area contributed by atoms with E-state index in [-0.39, 0.29) is 60.9 Å². The molecule has 0 aliphatic carbocycles. The third-order valence-corrected chi connectivity index (χ3v) is 7.07. The molecule has 0 spiro atoms. The summed E-state index contributed by atoms with van der Waals surface area (Å²) >= 11 is 0. The topological polar surface area (TPSA) is 147 Å². The highest BCUT2D eigenvalue weighted by Crippen LogP contribution is 2.25. The highest BCUT2D eigenvalue weighted by atomic mass is 16.5. The van der Waals surface area contributed by atoms with E-state index >= 15 is 0 Å². The summed E-state index contributed by atoms with van der Waals surface area (Å²) in [6.45, 7) is 9.04. The van der Waals surface area contributed by atoms with E-state index in [2.05, 4.69) is 21.3 Å². The number of hydrogen-bond donors (Lipinski definition) is 4. The quantitative estimate of drug-likeness (QED) is 0.373. The molecule has 12 nitrogen and oxygen atoms in total. The second kappa shape index (κ2) is 15.5. The van der Waals surface area contributed by atoms with Crippen LogP contribution in [0, 0.1) is 5.41 Å². The summed E-state index contributed by atoms with van der Waals surface area (Å²) in [5, 5.41) is 12.3. The summed E-state index contributed by atoms with van der Waals surface area (Å²) in [6, 6.07) is -1.19. The Morgan fingerprint density at radius 3 is 2.36 bits per heavy atom. The van der Waals surface area contributed by atoms with Crippen LogP contribution in [-0.4, -0.2) is 112 Å². The van der Waals surface area contributed by atoms with E-state index < -0.39 is 12.1 Å². The Bertz CT molecular complexity index is 828. The zero-order chi connectivity index (χ0) is 28.3. The lowest BCUT2D eigenvalue weighted by Crippen LogP contribution is -2.50. The highest BCUT2D eigenvalue weighted by Gasteiger charge is 2.40. The van der Waals surface area contributed by atoms with Gasteiger partial charge in [0.1, 0.15) is 12.6 Å². The van der Waals surface area contributed by atoms with E-state index in [0.717, 1.165) is 12.8 Å². The Hall–Kier alpha value is -2.28. The molecule has 3 aliphatic heterocycles. The van der Waals surface area contributed by atoms with Gasteiger partial charge in [-0.3, -0.25) is 19.2 Å². The average Bonchev–Trinajstić information content (AvgIpc) is 3.30. The molecule has 0 aromatic rings. The van der Waals surface area contributed by atoms with Crippen molar-refractivity contribution in [2.45, 2.75) is 83.5 Å². The molecule has 3 saturated heterocycles. The fourth-order valence-corrected chi connectivity index (χ4v) is 5.12. The molecular formula is C27H47N5O7. The number of likely N-dealkylation sites (tertiary alicyclic amines) is 1. The Balaban J connectivity index is 1.65. The van der Waals surface area contributed by atoms with Crippen LogP contribution in [0.5, 0.6) is 0 Å². The monoisotopic (exact) mass is 553 g/mol. The number of amides is 4. The third-order valence-electron chi connectivity index (χ3n) is 7.07. The van der Waals surface area contributed by atoms with Gasteiger partial charge in [-0.1, -0.05) is 20.8 Å². The van der Waals surface area contributed by atoms with Crippen LogP contribution in [0.25, 0.3) is 0 Å². The number of nitrogens with zero attached hydrogens (tertiary/aromatic N) is 1. The molecule has 0 unspecified atom stereocenters. The molecule has 3 rings (SSSR count). The number of nitrogens with one attached hydrogen (secondary N) is 4. The summed E-state index contributed by atoms with van der Waals surface area (Å²) in [5.41, 5.74) is -0.230. The number of ether oxygens (including phenoxy) is 3. The molecule has 0 aromatic carbocycles. The standard InChI is InChI=1S/C27H47N5O7/c1-27(2,3)16-24(34)32-17-20-15-22(32)26(36)28-8-4-5-21(30-19-6-10-37-11-7-19)25(35)29-9-12-38-13-14-39-18-23(33)31-20/h19-22,30H,4-18H2,1-3H3,(H,28,36)(H,29,35)(H,31,33)/t20-,21+,22-/m1/s1. The van der Waals surface area contributed by atoms with Gasteiger partial charge in [-0.25, -0.2) is 0 Å². The zero-order valence-corrected chi connectivity index (χ0v) is 23.7. The van der Waals surface area contributed by atoms with Crippen LogP contribution in [0.4, 0.5) is 0 Å². The first-order valence-electron chi connectivity index (χ1n) is 14.3. The summed E-state index contributed by atoms with van der Waals surface area (Å²) in [7, 11) is 0. The molecule has 3 heterocycles. The molecule has 12 heteroatoms. The lowest BCUT2D eigenvalue weighted by Gasteiger charge is -2.28. The van der Waals surface area contributed by atoms with Crippen molar-refractivity contribution in [1.82, 2.24) is 26.2 Å². The van der Waals surface area contributed by atoms with Crippen molar-refractivity contribution in [3.63, 3.8) is 0 Å². The maximum atomic E-state index is 13.2. The van der Waals surface area contributed by atoms with E-state index in [9.17, 15) is 19.2 Å². The Labute approximate surface area is 231 Å². The van der Waals surface area contributed by atoms with Crippen LogP contribution in [0.15, 0.2) is 0 Å². The highest BCUT2D eigenvalue weighted by molar-refractivity contribution is 5.89. The molecule has 3 aliphatic rings. The molecule has 2 bridgehead atoms. The normalized spacial score (nSPS) is 27.8. The molecule has 39 heavy (non-hydrogen) atoms. The smallest absolute Gasteiger partial charge is 0.246 e. The van der Waals surface area contributed by atoms with Gasteiger partial charge in [0.15, 0.2) is 0 Å². The molecule has 222 valence electrons. The molecule has 0 aromatic heterocycles. The fraction of sp³-hybridized carbons (Fsp3) is 0.852. The first kappa shape index (κ1) is 31.3. The van der Waals surface area contributed by atoms with Crippen LogP contribution >= 0.6 is 0 Å². The van der Waals surface area contributed by atoms with E-state index in [4.69, 9.17) is 14.2 Å². The predicted molar refractivity (Wildman–Crippen MR) is 144 cm³/mol. The summed E-state index contributed by atoms with van der Waals surface area (Å²) in [6.07, 6.45) is 3.48. The maximum Gasteiger partial charge on any atom is 0.246 e. The van der Waals surface area contributed by atoms with Crippen LogP contribution in [0.2, 0.25) is 0 Å². The number of carbonyl (C=O) groups is 4. The first-order chi connectivity index (χ1) is 18.6. The first-order valence-corrected chi connectivity index (χ1v) is 14.3. The minimum atomic E-state index is -0.662. The van der Waals surface area contributed by atoms with Crippen LogP contribution < -0.4 is 21.3 Å². The van der Waals surface area contributed by atoms with Crippen molar-refractivity contribution in [2.75, 3.05) is 59.3 Å². The number of fused-ring (bicyclic) bond motifs is 2. The summed E-state index contributed by atoms with van der Waals surface area (Å²) in [4.78, 5) is 53.2. The Morgan fingerprint density at radius 2 is 1.62 bits per heavy atom. The molecule has 4 amide bonds. The van der Waals surface area contributed by atoms with Crippen LogP contribution in [0.3, 0.4) is 0 Å². The van der Waals surface area contributed by atoms with Gasteiger partial charge in [0, 0.05) is 51.4 Å². The molecule has 0 radical (unpaired) electrons. The van der Waals surface area contributed by atoms with E-state index in [1.807, 2.05) is 20.8 Å². The Kier molecular flexibility index (Phi) is 12.4.